The number of allylic oxidation sites excluding steroid dienone is 12. The Morgan fingerprint density at radius 2 is 1.04 bits per heavy atom. The molecule has 0 aromatic heterocycles. The molecule has 0 aliphatic rings. The Bertz CT molecular complexity index is 1210. The van der Waals surface area contributed by atoms with Crippen molar-refractivity contribution in [3.63, 3.8) is 0 Å². The number of phosphoric ester groups is 1. The Kier molecular flexibility index (Phi) is 35.7. The Morgan fingerprint density at radius 3 is 1.51 bits per heavy atom. The number of aliphatic carboxylic acids is 1. The van der Waals surface area contributed by atoms with Gasteiger partial charge in [0.1, 0.15) is 12.7 Å². The van der Waals surface area contributed by atoms with E-state index in [0.29, 0.717) is 19.3 Å². The van der Waals surface area contributed by atoms with Crippen LogP contribution in [0.1, 0.15) is 149 Å². The molecule has 12 heteroatoms. The van der Waals surface area contributed by atoms with Crippen LogP contribution in [0.5, 0.6) is 0 Å². The number of amides is 1. The lowest BCUT2D eigenvalue weighted by Crippen LogP contribution is -2.43. The molecule has 3 atom stereocenters. The van der Waals surface area contributed by atoms with Crippen molar-refractivity contribution in [1.29, 1.82) is 0 Å². The molecule has 4 N–H and O–H groups in total. The predicted octanol–water partition coefficient (Wildman–Crippen LogP) is 10.2. The van der Waals surface area contributed by atoms with Crippen LogP contribution in [0.15, 0.2) is 72.9 Å². The number of aliphatic hydroxyl groups is 1. The highest BCUT2D eigenvalue weighted by atomic mass is 31.2. The third-order valence-corrected chi connectivity index (χ3v) is 9.22. The number of phosphoric acid groups is 1. The Morgan fingerprint density at radius 1 is 0.600 bits per heavy atom. The molecule has 0 saturated heterocycles. The molecule has 314 valence electrons. The van der Waals surface area contributed by atoms with Crippen LogP contribution in [0.3, 0.4) is 0 Å². The van der Waals surface area contributed by atoms with Gasteiger partial charge in [-0.2, -0.15) is 0 Å². The molecule has 0 spiro atoms. The zero-order valence-corrected chi connectivity index (χ0v) is 34.6. The number of aliphatic hydroxyl groups excluding tert-OH is 1. The number of nitrogens with one attached hydrogen (secondary N) is 1. The van der Waals surface area contributed by atoms with Crippen LogP contribution < -0.4 is 5.32 Å². The average molecular weight is 794 g/mol. The maximum atomic E-state index is 12.3. The van der Waals surface area contributed by atoms with Crippen molar-refractivity contribution in [3.05, 3.63) is 72.9 Å². The van der Waals surface area contributed by atoms with Crippen LogP contribution in [0, 0.1) is 0 Å². The van der Waals surface area contributed by atoms with Gasteiger partial charge < -0.3 is 25.2 Å². The first-order valence-corrected chi connectivity index (χ1v) is 22.0. The van der Waals surface area contributed by atoms with E-state index >= 15 is 0 Å². The van der Waals surface area contributed by atoms with Gasteiger partial charge in [0.15, 0.2) is 6.04 Å². The number of carboxylic acid groups (broad SMARTS) is 1. The van der Waals surface area contributed by atoms with Gasteiger partial charge in [0.25, 0.3) is 0 Å². The zero-order chi connectivity index (χ0) is 40.7. The third-order valence-electron chi connectivity index (χ3n) is 8.27. The van der Waals surface area contributed by atoms with Crippen molar-refractivity contribution < 1.29 is 47.8 Å². The molecular formula is C43H72NO10P. The molecule has 0 fully saturated rings. The van der Waals surface area contributed by atoms with Gasteiger partial charge in [-0.05, 0) is 51.4 Å². The second-order valence-corrected chi connectivity index (χ2v) is 14.9. The highest BCUT2D eigenvalue weighted by Crippen LogP contribution is 2.43. The minimum Gasteiger partial charge on any atom is -0.480 e. The second kappa shape index (κ2) is 37.8. The van der Waals surface area contributed by atoms with Crippen LogP contribution in [-0.2, 0) is 32.7 Å². The van der Waals surface area contributed by atoms with Crippen molar-refractivity contribution in [1.82, 2.24) is 5.32 Å². The first kappa shape index (κ1) is 51.9. The maximum Gasteiger partial charge on any atom is 0.472 e. The summed E-state index contributed by atoms with van der Waals surface area (Å²) in [7, 11) is -4.77. The number of hydrogen-bond acceptors (Lipinski definition) is 8. The molecule has 1 amide bonds. The van der Waals surface area contributed by atoms with Crippen molar-refractivity contribution in [2.45, 2.75) is 161 Å². The summed E-state index contributed by atoms with van der Waals surface area (Å²) < 4.78 is 26.7. The first-order chi connectivity index (χ1) is 26.6. The summed E-state index contributed by atoms with van der Waals surface area (Å²) in [6.45, 7) is 2.40. The SMILES string of the molecule is CC/C=C\C/C=C\C/C=C\C/C=C\C/C=C\C/C=C\CCC(=O)NC(COP(=O)(O)OCC(O)COC(=O)CCCCCCCCCCCCCC)C(=O)O. The lowest BCUT2D eigenvalue weighted by atomic mass is 10.0. The summed E-state index contributed by atoms with van der Waals surface area (Å²) in [6, 6.07) is -1.59. The molecule has 0 aliphatic heterocycles. The predicted molar refractivity (Wildman–Crippen MR) is 221 cm³/mol. The monoisotopic (exact) mass is 793 g/mol. The number of carbonyl (C=O) groups is 3. The summed E-state index contributed by atoms with van der Waals surface area (Å²) in [5, 5.41) is 21.7. The van der Waals surface area contributed by atoms with E-state index in [-0.39, 0.29) is 12.8 Å². The largest absolute Gasteiger partial charge is 0.480 e. The minimum absolute atomic E-state index is 0.0173. The molecule has 0 bridgehead atoms. The fourth-order valence-corrected chi connectivity index (χ4v) is 5.87. The maximum absolute atomic E-state index is 12.3. The fraction of sp³-hybridized carbons (Fsp3) is 0.651. The summed E-state index contributed by atoms with van der Waals surface area (Å²) in [4.78, 5) is 45.7. The highest BCUT2D eigenvalue weighted by Gasteiger charge is 2.28. The Labute approximate surface area is 331 Å². The smallest absolute Gasteiger partial charge is 0.472 e. The average Bonchev–Trinajstić information content (AvgIpc) is 3.16. The lowest BCUT2D eigenvalue weighted by molar-refractivity contribution is -0.147. The van der Waals surface area contributed by atoms with E-state index < -0.39 is 57.6 Å². The van der Waals surface area contributed by atoms with Gasteiger partial charge in [-0.25, -0.2) is 9.36 Å². The van der Waals surface area contributed by atoms with E-state index in [1.807, 2.05) is 18.2 Å². The van der Waals surface area contributed by atoms with Crippen molar-refractivity contribution >= 4 is 25.7 Å². The molecular weight excluding hydrogens is 721 g/mol. The second-order valence-electron chi connectivity index (χ2n) is 13.4. The van der Waals surface area contributed by atoms with Gasteiger partial charge in [-0.1, -0.05) is 157 Å². The number of carbonyl (C=O) groups excluding carboxylic acids is 2. The van der Waals surface area contributed by atoms with Gasteiger partial charge >= 0.3 is 19.8 Å². The van der Waals surface area contributed by atoms with Gasteiger partial charge in [-0.3, -0.25) is 18.6 Å². The van der Waals surface area contributed by atoms with E-state index in [4.69, 9.17) is 13.8 Å². The standard InChI is InChI=1S/C43H72NO10P/c1-3-5-7-9-11-13-15-17-18-19-20-21-22-23-24-26-28-30-32-34-41(46)44-40(43(48)49)38-54-55(50,51)53-37-39(45)36-52-42(47)35-33-31-29-27-25-16-14-12-10-8-6-4-2/h5,7,11,13,17-18,20-21,23-24,28,30,39-40,45H,3-4,6,8-10,12,14-16,19,22,25-27,29,31-38H2,1-2H3,(H,44,46)(H,48,49)(H,50,51)/b7-5-,13-11-,18-17-,21-20-,24-23-,30-28-. The Hall–Kier alpha value is -3.08. The van der Waals surface area contributed by atoms with Crippen LogP contribution in [0.4, 0.5) is 0 Å². The van der Waals surface area contributed by atoms with E-state index in [2.05, 4.69) is 73.8 Å². The molecule has 0 aromatic carbocycles. The van der Waals surface area contributed by atoms with Crippen molar-refractivity contribution in [2.24, 2.45) is 0 Å². The third kappa shape index (κ3) is 37.6. The number of carboxylic acids is 1. The number of rotatable bonds is 37. The van der Waals surface area contributed by atoms with E-state index in [9.17, 15) is 34.1 Å². The summed E-state index contributed by atoms with van der Waals surface area (Å²) in [5.41, 5.74) is 0. The molecule has 0 saturated carbocycles. The van der Waals surface area contributed by atoms with Gasteiger partial charge in [0, 0.05) is 12.8 Å². The van der Waals surface area contributed by atoms with Crippen LogP contribution >= 0.6 is 7.82 Å². The lowest BCUT2D eigenvalue weighted by Gasteiger charge is -2.18. The van der Waals surface area contributed by atoms with E-state index in [1.54, 1.807) is 0 Å². The zero-order valence-electron chi connectivity index (χ0n) is 33.7. The quantitative estimate of drug-likeness (QED) is 0.0206. The van der Waals surface area contributed by atoms with Crippen LogP contribution in [-0.4, -0.2) is 64.9 Å². The van der Waals surface area contributed by atoms with Gasteiger partial charge in [0.2, 0.25) is 5.91 Å². The van der Waals surface area contributed by atoms with Crippen LogP contribution in [0.2, 0.25) is 0 Å². The topological polar surface area (TPSA) is 169 Å². The van der Waals surface area contributed by atoms with Crippen LogP contribution in [0.25, 0.3) is 0 Å². The summed E-state index contributed by atoms with van der Waals surface area (Å²) >= 11 is 0. The number of hydrogen-bond donors (Lipinski definition) is 4. The van der Waals surface area contributed by atoms with E-state index in [1.165, 1.54) is 51.4 Å². The number of ether oxygens (including phenoxy) is 1. The minimum atomic E-state index is -4.77. The molecule has 0 aliphatic carbocycles. The number of esters is 1. The molecule has 0 aromatic rings. The van der Waals surface area contributed by atoms with Crippen molar-refractivity contribution in [3.8, 4) is 0 Å². The van der Waals surface area contributed by atoms with Gasteiger partial charge in [-0.15, -0.1) is 0 Å². The van der Waals surface area contributed by atoms with E-state index in [0.717, 1.165) is 51.4 Å². The highest BCUT2D eigenvalue weighted by molar-refractivity contribution is 7.47. The molecule has 55 heavy (non-hydrogen) atoms. The van der Waals surface area contributed by atoms with Gasteiger partial charge in [0.05, 0.1) is 13.2 Å². The molecule has 11 nitrogen and oxygen atoms in total. The molecule has 0 radical (unpaired) electrons. The molecule has 0 heterocycles. The van der Waals surface area contributed by atoms with Crippen molar-refractivity contribution in [2.75, 3.05) is 19.8 Å². The summed E-state index contributed by atoms with van der Waals surface area (Å²) in [6.07, 6.45) is 43.8. The molecule has 3 unspecified atom stereocenters. The summed E-state index contributed by atoms with van der Waals surface area (Å²) in [5.74, 6) is -2.50. The fourth-order valence-electron chi connectivity index (χ4n) is 5.10. The molecule has 0 rings (SSSR count). The first-order valence-electron chi connectivity index (χ1n) is 20.5. The number of unbranched alkanes of at least 4 members (excludes halogenated alkanes) is 11. The normalized spacial score (nSPS) is 14.5. The Balaban J connectivity index is 4.08.